The monoisotopic (exact) mass is 239 g/mol. The second-order valence-corrected chi connectivity index (χ2v) is 3.89. The van der Waals surface area contributed by atoms with Crippen molar-refractivity contribution in [3.05, 3.63) is 35.6 Å². The van der Waals surface area contributed by atoms with Gasteiger partial charge in [-0.3, -0.25) is 4.79 Å². The van der Waals surface area contributed by atoms with E-state index in [1.807, 2.05) is 13.8 Å². The molecule has 94 valence electrons. The Kier molecular flexibility index (Phi) is 5.63. The molecule has 0 spiro atoms. The molecule has 0 aliphatic heterocycles. The molecule has 17 heavy (non-hydrogen) atoms. The van der Waals surface area contributed by atoms with Crippen molar-refractivity contribution in [1.82, 2.24) is 5.32 Å². The van der Waals surface area contributed by atoms with Gasteiger partial charge < -0.3 is 10.1 Å². The van der Waals surface area contributed by atoms with E-state index in [0.29, 0.717) is 6.61 Å². The SMILES string of the molecule is CCCOCC(=O)N[C@H](C)c1ccc(F)cc1. The van der Waals surface area contributed by atoms with Gasteiger partial charge in [0.15, 0.2) is 0 Å². The van der Waals surface area contributed by atoms with Crippen LogP contribution in [0.3, 0.4) is 0 Å². The second-order valence-electron chi connectivity index (χ2n) is 3.89. The van der Waals surface area contributed by atoms with Crippen LogP contribution >= 0.6 is 0 Å². The van der Waals surface area contributed by atoms with E-state index in [0.717, 1.165) is 12.0 Å². The minimum absolute atomic E-state index is 0.0688. The number of carbonyl (C=O) groups excluding carboxylic acids is 1. The third-order valence-electron chi connectivity index (χ3n) is 2.33. The van der Waals surface area contributed by atoms with Crippen LogP contribution in [-0.4, -0.2) is 19.1 Å². The molecule has 0 unspecified atom stereocenters. The molecule has 1 aromatic rings. The van der Waals surface area contributed by atoms with Crippen LogP contribution < -0.4 is 5.32 Å². The second kappa shape index (κ2) is 7.01. The fraction of sp³-hybridized carbons (Fsp3) is 0.462. The van der Waals surface area contributed by atoms with Gasteiger partial charge in [-0.25, -0.2) is 4.39 Å². The number of rotatable bonds is 6. The van der Waals surface area contributed by atoms with E-state index >= 15 is 0 Å². The molecule has 0 radical (unpaired) electrons. The predicted molar refractivity (Wildman–Crippen MR) is 64.1 cm³/mol. The van der Waals surface area contributed by atoms with Gasteiger partial charge in [0.25, 0.3) is 0 Å². The lowest BCUT2D eigenvalue weighted by molar-refractivity contribution is -0.126. The molecule has 1 N–H and O–H groups in total. The molecular formula is C13H18FNO2. The molecule has 0 fully saturated rings. The molecule has 1 aromatic carbocycles. The average Bonchev–Trinajstić information content (AvgIpc) is 2.30. The summed E-state index contributed by atoms with van der Waals surface area (Å²) in [6.45, 7) is 4.49. The maximum Gasteiger partial charge on any atom is 0.246 e. The van der Waals surface area contributed by atoms with Crippen molar-refractivity contribution in [3.8, 4) is 0 Å². The van der Waals surface area contributed by atoms with Gasteiger partial charge >= 0.3 is 0 Å². The highest BCUT2D eigenvalue weighted by Gasteiger charge is 2.09. The van der Waals surface area contributed by atoms with Gasteiger partial charge in [0, 0.05) is 6.61 Å². The molecule has 3 nitrogen and oxygen atoms in total. The highest BCUT2D eigenvalue weighted by atomic mass is 19.1. The van der Waals surface area contributed by atoms with E-state index in [1.54, 1.807) is 12.1 Å². The standard InChI is InChI=1S/C13H18FNO2/c1-3-8-17-9-13(16)15-10(2)11-4-6-12(14)7-5-11/h4-7,10H,3,8-9H2,1-2H3,(H,15,16)/t10-/m1/s1. The Bertz CT molecular complexity index is 351. The maximum atomic E-state index is 12.7. The van der Waals surface area contributed by atoms with E-state index in [2.05, 4.69) is 5.32 Å². The molecule has 0 aromatic heterocycles. The number of benzene rings is 1. The number of carbonyl (C=O) groups is 1. The van der Waals surface area contributed by atoms with Crippen LogP contribution in [0, 0.1) is 5.82 Å². The van der Waals surface area contributed by atoms with Crippen LogP contribution in [0.25, 0.3) is 0 Å². The van der Waals surface area contributed by atoms with E-state index in [1.165, 1.54) is 12.1 Å². The Hall–Kier alpha value is -1.42. The van der Waals surface area contributed by atoms with Crippen LogP contribution in [0.5, 0.6) is 0 Å². The normalized spacial score (nSPS) is 12.2. The highest BCUT2D eigenvalue weighted by Crippen LogP contribution is 2.12. The molecule has 1 atom stereocenters. The first kappa shape index (κ1) is 13.6. The first-order valence-corrected chi connectivity index (χ1v) is 5.76. The van der Waals surface area contributed by atoms with Gasteiger partial charge in [0.1, 0.15) is 12.4 Å². The van der Waals surface area contributed by atoms with Gasteiger partial charge in [0.05, 0.1) is 6.04 Å². The summed E-state index contributed by atoms with van der Waals surface area (Å²) in [6.07, 6.45) is 0.890. The third-order valence-corrected chi connectivity index (χ3v) is 2.33. The number of hydrogen-bond acceptors (Lipinski definition) is 2. The van der Waals surface area contributed by atoms with Gasteiger partial charge in [-0.05, 0) is 31.0 Å². The molecule has 0 saturated carbocycles. The predicted octanol–water partition coefficient (Wildman–Crippen LogP) is 2.43. The Balaban J connectivity index is 2.40. The van der Waals surface area contributed by atoms with E-state index < -0.39 is 0 Å². The zero-order chi connectivity index (χ0) is 12.7. The molecule has 0 saturated heterocycles. The minimum Gasteiger partial charge on any atom is -0.372 e. The molecule has 4 heteroatoms. The number of nitrogens with one attached hydrogen (secondary N) is 1. The zero-order valence-corrected chi connectivity index (χ0v) is 10.2. The lowest BCUT2D eigenvalue weighted by Crippen LogP contribution is -2.30. The van der Waals surface area contributed by atoms with Crippen molar-refractivity contribution in [3.63, 3.8) is 0 Å². The number of ether oxygens (including phenoxy) is 1. The molecule has 1 amide bonds. The van der Waals surface area contributed by atoms with Gasteiger partial charge in [-0.2, -0.15) is 0 Å². The minimum atomic E-state index is -0.279. The smallest absolute Gasteiger partial charge is 0.246 e. The molecule has 0 bridgehead atoms. The van der Waals surface area contributed by atoms with Gasteiger partial charge in [-0.1, -0.05) is 19.1 Å². The lowest BCUT2D eigenvalue weighted by Gasteiger charge is -2.14. The molecular weight excluding hydrogens is 221 g/mol. The molecule has 0 heterocycles. The fourth-order valence-electron chi connectivity index (χ4n) is 1.43. The lowest BCUT2D eigenvalue weighted by atomic mass is 10.1. The van der Waals surface area contributed by atoms with Crippen molar-refractivity contribution < 1.29 is 13.9 Å². The summed E-state index contributed by atoms with van der Waals surface area (Å²) >= 11 is 0. The maximum absolute atomic E-state index is 12.7. The first-order chi connectivity index (χ1) is 8.13. The van der Waals surface area contributed by atoms with Gasteiger partial charge in [0.2, 0.25) is 5.91 Å². The van der Waals surface area contributed by atoms with Crippen molar-refractivity contribution in [2.45, 2.75) is 26.3 Å². The van der Waals surface area contributed by atoms with Crippen LogP contribution in [0.2, 0.25) is 0 Å². The quantitative estimate of drug-likeness (QED) is 0.774. The summed E-state index contributed by atoms with van der Waals surface area (Å²) in [7, 11) is 0. The van der Waals surface area contributed by atoms with E-state index in [4.69, 9.17) is 4.74 Å². The Morgan fingerprint density at radius 3 is 2.65 bits per heavy atom. The average molecular weight is 239 g/mol. The number of halogens is 1. The summed E-state index contributed by atoms with van der Waals surface area (Å²) in [5.74, 6) is -0.436. The first-order valence-electron chi connectivity index (χ1n) is 5.76. The topological polar surface area (TPSA) is 38.3 Å². The molecule has 0 aliphatic carbocycles. The van der Waals surface area contributed by atoms with Crippen LogP contribution in [0.4, 0.5) is 4.39 Å². The van der Waals surface area contributed by atoms with Crippen molar-refractivity contribution in [1.29, 1.82) is 0 Å². The zero-order valence-electron chi connectivity index (χ0n) is 10.2. The van der Waals surface area contributed by atoms with Crippen LogP contribution in [-0.2, 0) is 9.53 Å². The Morgan fingerprint density at radius 2 is 2.06 bits per heavy atom. The summed E-state index contributed by atoms with van der Waals surface area (Å²) in [5.41, 5.74) is 0.871. The highest BCUT2D eigenvalue weighted by molar-refractivity contribution is 5.77. The fourth-order valence-corrected chi connectivity index (χ4v) is 1.43. The van der Waals surface area contributed by atoms with Crippen molar-refractivity contribution >= 4 is 5.91 Å². The summed E-state index contributed by atoms with van der Waals surface area (Å²) < 4.78 is 17.8. The molecule has 1 rings (SSSR count). The largest absolute Gasteiger partial charge is 0.372 e. The van der Waals surface area contributed by atoms with Crippen LogP contribution in [0.15, 0.2) is 24.3 Å². The summed E-state index contributed by atoms with van der Waals surface area (Å²) in [5, 5.41) is 2.79. The van der Waals surface area contributed by atoms with E-state index in [9.17, 15) is 9.18 Å². The van der Waals surface area contributed by atoms with E-state index in [-0.39, 0.29) is 24.4 Å². The Morgan fingerprint density at radius 1 is 1.41 bits per heavy atom. The van der Waals surface area contributed by atoms with Crippen LogP contribution in [0.1, 0.15) is 31.9 Å². The van der Waals surface area contributed by atoms with Crippen molar-refractivity contribution in [2.24, 2.45) is 0 Å². The summed E-state index contributed by atoms with van der Waals surface area (Å²) in [6, 6.07) is 5.94. The third kappa shape index (κ3) is 4.95. The number of hydrogen-bond donors (Lipinski definition) is 1. The number of amides is 1. The molecule has 0 aliphatic rings. The van der Waals surface area contributed by atoms with Gasteiger partial charge in [-0.15, -0.1) is 0 Å². The Labute approximate surface area is 101 Å². The summed E-state index contributed by atoms with van der Waals surface area (Å²) in [4.78, 5) is 11.5. The van der Waals surface area contributed by atoms with Crippen molar-refractivity contribution in [2.75, 3.05) is 13.2 Å².